The monoisotopic (exact) mass is 384 g/mol. The molecule has 0 aromatic carbocycles. The fourth-order valence-corrected chi connectivity index (χ4v) is 3.81. The Kier molecular flexibility index (Phi) is 4.48. The number of fused-ring (bicyclic) bond motifs is 1. The first-order valence-corrected chi connectivity index (χ1v) is 9.75. The molecule has 0 aliphatic carbocycles. The first kappa shape index (κ1) is 17.5. The molecule has 1 saturated heterocycles. The predicted molar refractivity (Wildman–Crippen MR) is 108 cm³/mol. The molecule has 0 N–H and O–H groups in total. The van der Waals surface area contributed by atoms with E-state index in [1.807, 2.05) is 52.0 Å². The second kappa shape index (κ2) is 7.43. The van der Waals surface area contributed by atoms with E-state index in [0.29, 0.717) is 12.2 Å². The molecular weight excluding hydrogens is 364 g/mol. The van der Waals surface area contributed by atoms with Crippen molar-refractivity contribution in [1.82, 2.24) is 29.5 Å². The van der Waals surface area contributed by atoms with Crippen molar-refractivity contribution in [3.05, 3.63) is 78.8 Å². The number of amides is 1. The van der Waals surface area contributed by atoms with E-state index in [1.165, 1.54) is 0 Å². The molecule has 1 aliphatic heterocycles. The van der Waals surface area contributed by atoms with Crippen molar-refractivity contribution >= 4 is 11.6 Å². The highest BCUT2D eigenvalue weighted by molar-refractivity contribution is 5.92. The lowest BCUT2D eigenvalue weighted by Gasteiger charge is -2.31. The van der Waals surface area contributed by atoms with Gasteiger partial charge in [0.05, 0.1) is 0 Å². The van der Waals surface area contributed by atoms with E-state index in [4.69, 9.17) is 10.1 Å². The zero-order valence-corrected chi connectivity index (χ0v) is 15.8. The molecule has 4 aromatic rings. The molecule has 1 fully saturated rings. The van der Waals surface area contributed by atoms with Crippen molar-refractivity contribution in [3.63, 3.8) is 0 Å². The molecular formula is C22H20N6O. The van der Waals surface area contributed by atoms with Crippen LogP contribution in [0.2, 0.25) is 0 Å². The third-order valence-corrected chi connectivity index (χ3v) is 5.32. The van der Waals surface area contributed by atoms with Gasteiger partial charge in [0.25, 0.3) is 5.91 Å². The summed E-state index contributed by atoms with van der Waals surface area (Å²) >= 11 is 0. The van der Waals surface area contributed by atoms with Crippen molar-refractivity contribution in [2.75, 3.05) is 13.1 Å². The molecule has 29 heavy (non-hydrogen) atoms. The molecule has 7 nitrogen and oxygen atoms in total. The van der Waals surface area contributed by atoms with Gasteiger partial charge < -0.3 is 4.90 Å². The van der Waals surface area contributed by atoms with E-state index in [9.17, 15) is 4.79 Å². The second-order valence-electron chi connectivity index (χ2n) is 7.23. The Labute approximate surface area is 168 Å². The zero-order valence-electron chi connectivity index (χ0n) is 15.8. The summed E-state index contributed by atoms with van der Waals surface area (Å²) in [6.07, 6.45) is 9.10. The topological polar surface area (TPSA) is 76.3 Å². The molecule has 0 radical (unpaired) electrons. The Morgan fingerprint density at radius 2 is 1.90 bits per heavy atom. The Morgan fingerprint density at radius 3 is 2.72 bits per heavy atom. The number of hydrogen-bond donors (Lipinski definition) is 0. The lowest BCUT2D eigenvalue weighted by molar-refractivity contribution is 0.0698. The van der Waals surface area contributed by atoms with Crippen LogP contribution < -0.4 is 0 Å². The third kappa shape index (κ3) is 3.47. The maximum Gasteiger partial charge on any atom is 0.272 e. The average Bonchev–Trinajstić information content (AvgIpc) is 3.23. The Bertz CT molecular complexity index is 1140. The molecule has 144 valence electrons. The molecule has 7 heteroatoms. The Hall–Kier alpha value is -3.61. The van der Waals surface area contributed by atoms with Crippen molar-refractivity contribution in [2.45, 2.75) is 18.8 Å². The van der Waals surface area contributed by atoms with Gasteiger partial charge in [-0.2, -0.15) is 5.10 Å². The lowest BCUT2D eigenvalue weighted by Crippen LogP contribution is -2.39. The van der Waals surface area contributed by atoms with Crippen LogP contribution in [0.25, 0.3) is 16.8 Å². The predicted octanol–water partition coefficient (Wildman–Crippen LogP) is 3.21. The number of aromatic nitrogens is 5. The van der Waals surface area contributed by atoms with Crippen LogP contribution in [0.3, 0.4) is 0 Å². The molecule has 0 unspecified atom stereocenters. The van der Waals surface area contributed by atoms with E-state index >= 15 is 0 Å². The van der Waals surface area contributed by atoms with E-state index in [1.54, 1.807) is 24.7 Å². The Morgan fingerprint density at radius 1 is 1.00 bits per heavy atom. The van der Waals surface area contributed by atoms with Gasteiger partial charge in [0.1, 0.15) is 5.69 Å². The summed E-state index contributed by atoms with van der Waals surface area (Å²) in [4.78, 5) is 27.6. The van der Waals surface area contributed by atoms with Gasteiger partial charge in [-0.1, -0.05) is 6.07 Å². The van der Waals surface area contributed by atoms with Gasteiger partial charge >= 0.3 is 0 Å². The number of likely N-dealkylation sites (tertiary alicyclic amines) is 1. The lowest BCUT2D eigenvalue weighted by atomic mass is 9.97. The van der Waals surface area contributed by atoms with Gasteiger partial charge in [0, 0.05) is 49.4 Å². The van der Waals surface area contributed by atoms with Crippen LogP contribution >= 0.6 is 0 Å². The van der Waals surface area contributed by atoms with Crippen LogP contribution in [0.5, 0.6) is 0 Å². The van der Waals surface area contributed by atoms with Crippen LogP contribution in [0, 0.1) is 0 Å². The van der Waals surface area contributed by atoms with E-state index in [0.717, 1.165) is 42.0 Å². The molecule has 5 rings (SSSR count). The van der Waals surface area contributed by atoms with Crippen LogP contribution in [0.15, 0.2) is 67.3 Å². The number of piperidine rings is 1. The molecule has 4 aromatic heterocycles. The van der Waals surface area contributed by atoms with E-state index < -0.39 is 0 Å². The maximum absolute atomic E-state index is 12.8. The van der Waals surface area contributed by atoms with Crippen molar-refractivity contribution in [1.29, 1.82) is 0 Å². The number of pyridine rings is 3. The van der Waals surface area contributed by atoms with Crippen LogP contribution in [0.4, 0.5) is 0 Å². The highest BCUT2D eigenvalue weighted by Gasteiger charge is 2.28. The zero-order chi connectivity index (χ0) is 19.6. The van der Waals surface area contributed by atoms with E-state index in [2.05, 4.69) is 9.97 Å². The number of nitrogens with zero attached hydrogens (tertiary/aromatic N) is 6. The number of carbonyl (C=O) groups excluding carboxylic acids is 1. The summed E-state index contributed by atoms with van der Waals surface area (Å²) in [5.74, 6) is 0.884. The third-order valence-electron chi connectivity index (χ3n) is 5.32. The van der Waals surface area contributed by atoms with Gasteiger partial charge in [0.2, 0.25) is 0 Å². The second-order valence-corrected chi connectivity index (χ2v) is 7.23. The Balaban J connectivity index is 1.39. The average molecular weight is 384 g/mol. The molecule has 0 spiro atoms. The van der Waals surface area contributed by atoms with Crippen LogP contribution in [0.1, 0.15) is 35.1 Å². The van der Waals surface area contributed by atoms with Crippen molar-refractivity contribution < 1.29 is 4.79 Å². The number of hydrogen-bond acceptors (Lipinski definition) is 5. The largest absolute Gasteiger partial charge is 0.337 e. The SMILES string of the molecule is O=C(c1ccccn1)N1CCC[C@@H](c2nc3ccc(-c4ccncc4)cn3n2)C1. The quantitative estimate of drug-likeness (QED) is 0.542. The molecule has 1 amide bonds. The van der Waals surface area contributed by atoms with Crippen LogP contribution in [-0.4, -0.2) is 48.5 Å². The summed E-state index contributed by atoms with van der Waals surface area (Å²) in [7, 11) is 0. The first-order chi connectivity index (χ1) is 14.3. The maximum atomic E-state index is 12.8. The molecule has 0 bridgehead atoms. The summed E-state index contributed by atoms with van der Waals surface area (Å²) in [6.45, 7) is 1.36. The molecule has 5 heterocycles. The standard InChI is InChI=1S/C22H20N6O/c29-22(19-5-1-2-10-24-19)27-13-3-4-18(14-27)21-25-20-7-6-17(15-28(20)26-21)16-8-11-23-12-9-16/h1-2,5-12,15,18H,3-4,13-14H2/t18-/m1/s1. The highest BCUT2D eigenvalue weighted by Crippen LogP contribution is 2.26. The summed E-state index contributed by atoms with van der Waals surface area (Å²) in [5.41, 5.74) is 3.44. The molecule has 1 atom stereocenters. The summed E-state index contributed by atoms with van der Waals surface area (Å²) in [6, 6.07) is 13.4. The smallest absolute Gasteiger partial charge is 0.272 e. The van der Waals surface area contributed by atoms with Crippen molar-refractivity contribution in [2.24, 2.45) is 0 Å². The minimum absolute atomic E-state index is 0.0287. The van der Waals surface area contributed by atoms with Gasteiger partial charge in [0.15, 0.2) is 11.5 Å². The van der Waals surface area contributed by atoms with Gasteiger partial charge in [-0.3, -0.25) is 14.8 Å². The molecule has 0 saturated carbocycles. The fraction of sp³-hybridized carbons (Fsp3) is 0.227. The van der Waals surface area contributed by atoms with Crippen LogP contribution in [-0.2, 0) is 0 Å². The van der Waals surface area contributed by atoms with E-state index in [-0.39, 0.29) is 11.8 Å². The normalized spacial score (nSPS) is 16.8. The number of rotatable bonds is 3. The number of carbonyl (C=O) groups is 1. The summed E-state index contributed by atoms with van der Waals surface area (Å²) in [5, 5.41) is 4.73. The fourth-order valence-electron chi connectivity index (χ4n) is 3.81. The van der Waals surface area contributed by atoms with Gasteiger partial charge in [-0.05, 0) is 54.8 Å². The summed E-state index contributed by atoms with van der Waals surface area (Å²) < 4.78 is 1.82. The molecule has 1 aliphatic rings. The first-order valence-electron chi connectivity index (χ1n) is 9.75. The minimum atomic E-state index is -0.0287. The minimum Gasteiger partial charge on any atom is -0.337 e. The van der Waals surface area contributed by atoms with Gasteiger partial charge in [-0.15, -0.1) is 0 Å². The van der Waals surface area contributed by atoms with Gasteiger partial charge in [-0.25, -0.2) is 9.50 Å². The highest BCUT2D eigenvalue weighted by atomic mass is 16.2. The van der Waals surface area contributed by atoms with Crippen molar-refractivity contribution in [3.8, 4) is 11.1 Å².